The Balaban J connectivity index is 2.15. The SMILES string of the molecule is CCONc1ncnc2c1c(/C=N/O)cn2[C@@H]1O[C@H](CO)[C@@H](O)[C@@]1(C)F. The Morgan fingerprint density at radius 1 is 1.54 bits per heavy atom. The van der Waals surface area contributed by atoms with Crippen molar-refractivity contribution in [2.75, 3.05) is 18.7 Å². The van der Waals surface area contributed by atoms with Gasteiger partial charge in [-0.3, -0.25) is 4.84 Å². The van der Waals surface area contributed by atoms with E-state index in [9.17, 15) is 10.2 Å². The first-order valence-electron chi connectivity index (χ1n) is 7.99. The molecule has 3 heterocycles. The fraction of sp³-hybridized carbons (Fsp3) is 0.533. The van der Waals surface area contributed by atoms with Crippen LogP contribution in [-0.4, -0.2) is 67.3 Å². The minimum atomic E-state index is -2.19. The molecular formula is C15H20FN5O5. The standard InChI is InChI=1S/C15H20FN5O5/c1-3-25-20-12-10-8(4-19-24)5-21(13(10)18-7-17-12)14-15(2,16)11(23)9(6-22)26-14/h4-5,7,9,11,14,22-24H,3,6H2,1-2H3,(H,17,18,20)/b19-4+/t9-,11-,14-,15-/m1/s1. The summed E-state index contributed by atoms with van der Waals surface area (Å²) < 4.78 is 22.0. The van der Waals surface area contributed by atoms with Crippen LogP contribution in [0.25, 0.3) is 11.0 Å². The highest BCUT2D eigenvalue weighted by molar-refractivity contribution is 6.03. The highest BCUT2D eigenvalue weighted by Gasteiger charge is 2.55. The number of oxime groups is 1. The van der Waals surface area contributed by atoms with Crippen molar-refractivity contribution in [3.8, 4) is 0 Å². The Bertz CT molecular complexity index is 811. The summed E-state index contributed by atoms with van der Waals surface area (Å²) in [6, 6.07) is 0. The number of anilines is 1. The van der Waals surface area contributed by atoms with Crippen molar-refractivity contribution in [3.05, 3.63) is 18.1 Å². The third-order valence-electron chi connectivity index (χ3n) is 4.30. The average Bonchev–Trinajstić information content (AvgIpc) is 3.09. The second-order valence-electron chi connectivity index (χ2n) is 6.00. The number of halogens is 1. The molecule has 4 N–H and O–H groups in total. The van der Waals surface area contributed by atoms with Gasteiger partial charge in [0, 0.05) is 11.8 Å². The van der Waals surface area contributed by atoms with E-state index < -0.39 is 30.7 Å². The van der Waals surface area contributed by atoms with E-state index in [4.69, 9.17) is 14.8 Å². The predicted octanol–water partition coefficient (Wildman–Crippen LogP) is 0.582. The van der Waals surface area contributed by atoms with Crippen LogP contribution in [0, 0.1) is 0 Å². The monoisotopic (exact) mass is 369 g/mol. The number of aliphatic hydroxyl groups is 2. The molecule has 142 valence electrons. The number of ether oxygens (including phenoxy) is 1. The Hall–Kier alpha value is -2.34. The Kier molecular flexibility index (Phi) is 5.05. The summed E-state index contributed by atoms with van der Waals surface area (Å²) in [7, 11) is 0. The van der Waals surface area contributed by atoms with E-state index in [0.717, 1.165) is 6.21 Å². The number of fused-ring (bicyclic) bond motifs is 1. The second kappa shape index (κ2) is 7.11. The van der Waals surface area contributed by atoms with Crippen LogP contribution in [-0.2, 0) is 9.57 Å². The molecule has 1 aliphatic rings. The van der Waals surface area contributed by atoms with Gasteiger partial charge in [0.05, 0.1) is 24.8 Å². The van der Waals surface area contributed by atoms with Gasteiger partial charge in [-0.05, 0) is 13.8 Å². The summed E-state index contributed by atoms with van der Waals surface area (Å²) in [5.41, 5.74) is 1.12. The first kappa shape index (κ1) is 18.5. The van der Waals surface area contributed by atoms with Gasteiger partial charge in [0.15, 0.2) is 17.7 Å². The van der Waals surface area contributed by atoms with Crippen LogP contribution in [0.2, 0.25) is 0 Å². The molecule has 26 heavy (non-hydrogen) atoms. The molecule has 3 rings (SSSR count). The van der Waals surface area contributed by atoms with Crippen molar-refractivity contribution in [2.24, 2.45) is 5.16 Å². The van der Waals surface area contributed by atoms with Crippen molar-refractivity contribution < 1.29 is 29.4 Å². The molecule has 2 aromatic rings. The normalized spacial score (nSPS) is 29.0. The van der Waals surface area contributed by atoms with Crippen LogP contribution in [0.15, 0.2) is 17.7 Å². The topological polar surface area (TPSA) is 134 Å². The molecule has 2 aromatic heterocycles. The largest absolute Gasteiger partial charge is 0.411 e. The Morgan fingerprint density at radius 3 is 2.92 bits per heavy atom. The maximum absolute atomic E-state index is 15.1. The average molecular weight is 369 g/mol. The van der Waals surface area contributed by atoms with Gasteiger partial charge in [0.25, 0.3) is 0 Å². The molecule has 0 bridgehead atoms. The highest BCUT2D eigenvalue weighted by Crippen LogP contribution is 2.43. The van der Waals surface area contributed by atoms with E-state index in [2.05, 4.69) is 20.6 Å². The van der Waals surface area contributed by atoms with E-state index in [-0.39, 0.29) is 5.65 Å². The molecule has 1 fully saturated rings. The number of aromatic nitrogens is 3. The van der Waals surface area contributed by atoms with Crippen molar-refractivity contribution >= 4 is 23.1 Å². The van der Waals surface area contributed by atoms with Crippen LogP contribution in [0.3, 0.4) is 0 Å². The fourth-order valence-corrected chi connectivity index (χ4v) is 3.03. The number of hydrogen-bond donors (Lipinski definition) is 4. The second-order valence-corrected chi connectivity index (χ2v) is 6.00. The van der Waals surface area contributed by atoms with Crippen LogP contribution < -0.4 is 5.48 Å². The lowest BCUT2D eigenvalue weighted by atomic mass is 9.98. The van der Waals surface area contributed by atoms with Crippen molar-refractivity contribution in [3.63, 3.8) is 0 Å². The summed E-state index contributed by atoms with van der Waals surface area (Å²) in [5.74, 6) is 0.295. The number of aliphatic hydroxyl groups excluding tert-OH is 2. The maximum Gasteiger partial charge on any atom is 0.181 e. The van der Waals surface area contributed by atoms with Gasteiger partial charge in [-0.2, -0.15) is 0 Å². The van der Waals surface area contributed by atoms with E-state index in [1.54, 1.807) is 6.92 Å². The minimum absolute atomic E-state index is 0.275. The van der Waals surface area contributed by atoms with Gasteiger partial charge in [-0.15, -0.1) is 0 Å². The molecule has 1 aliphatic heterocycles. The molecule has 0 aliphatic carbocycles. The summed E-state index contributed by atoms with van der Waals surface area (Å²) in [5, 5.41) is 31.8. The molecule has 0 unspecified atom stereocenters. The van der Waals surface area contributed by atoms with Crippen LogP contribution in [0.4, 0.5) is 10.2 Å². The predicted molar refractivity (Wildman–Crippen MR) is 88.7 cm³/mol. The van der Waals surface area contributed by atoms with Gasteiger partial charge in [0.2, 0.25) is 0 Å². The summed E-state index contributed by atoms with van der Waals surface area (Å²) >= 11 is 0. The Morgan fingerprint density at radius 2 is 2.31 bits per heavy atom. The molecule has 0 aromatic carbocycles. The van der Waals surface area contributed by atoms with E-state index in [0.29, 0.717) is 23.4 Å². The number of nitrogens with one attached hydrogen (secondary N) is 1. The Labute approximate surface area is 147 Å². The number of alkyl halides is 1. The molecular weight excluding hydrogens is 349 g/mol. The lowest BCUT2D eigenvalue weighted by Crippen LogP contribution is -2.40. The van der Waals surface area contributed by atoms with Crippen LogP contribution >= 0.6 is 0 Å². The van der Waals surface area contributed by atoms with Crippen molar-refractivity contribution in [2.45, 2.75) is 38.0 Å². The van der Waals surface area contributed by atoms with Crippen LogP contribution in [0.1, 0.15) is 25.6 Å². The molecule has 0 amide bonds. The van der Waals surface area contributed by atoms with Crippen molar-refractivity contribution in [1.82, 2.24) is 14.5 Å². The van der Waals surface area contributed by atoms with E-state index in [1.165, 1.54) is 24.0 Å². The van der Waals surface area contributed by atoms with Gasteiger partial charge in [-0.25, -0.2) is 19.8 Å². The first-order chi connectivity index (χ1) is 12.5. The molecule has 11 heteroatoms. The third kappa shape index (κ3) is 2.88. The minimum Gasteiger partial charge on any atom is -0.411 e. The molecule has 0 radical (unpaired) electrons. The van der Waals surface area contributed by atoms with Gasteiger partial charge in [0.1, 0.15) is 24.2 Å². The molecule has 1 saturated heterocycles. The smallest absolute Gasteiger partial charge is 0.181 e. The van der Waals surface area contributed by atoms with Gasteiger partial charge >= 0.3 is 0 Å². The lowest BCUT2D eigenvalue weighted by molar-refractivity contribution is -0.0564. The van der Waals surface area contributed by atoms with Gasteiger partial charge in [-0.1, -0.05) is 5.16 Å². The number of nitrogens with zero attached hydrogens (tertiary/aromatic N) is 4. The zero-order valence-electron chi connectivity index (χ0n) is 14.2. The quantitative estimate of drug-likeness (QED) is 0.330. The lowest BCUT2D eigenvalue weighted by Gasteiger charge is -2.25. The number of rotatable bonds is 6. The van der Waals surface area contributed by atoms with E-state index in [1.807, 2.05) is 0 Å². The highest BCUT2D eigenvalue weighted by atomic mass is 19.1. The molecule has 0 spiro atoms. The molecule has 0 saturated carbocycles. The van der Waals surface area contributed by atoms with E-state index >= 15 is 4.39 Å². The zero-order valence-corrected chi connectivity index (χ0v) is 14.2. The molecule has 4 atom stereocenters. The van der Waals surface area contributed by atoms with Gasteiger partial charge < -0.3 is 24.7 Å². The van der Waals surface area contributed by atoms with Crippen LogP contribution in [0.5, 0.6) is 0 Å². The number of hydrogen-bond acceptors (Lipinski definition) is 9. The first-order valence-corrected chi connectivity index (χ1v) is 7.99. The summed E-state index contributed by atoms with van der Waals surface area (Å²) in [6.07, 6.45) is 0.00493. The fourth-order valence-electron chi connectivity index (χ4n) is 3.03. The third-order valence-corrected chi connectivity index (χ3v) is 4.30. The maximum atomic E-state index is 15.1. The van der Waals surface area contributed by atoms with Crippen molar-refractivity contribution in [1.29, 1.82) is 0 Å². The zero-order chi connectivity index (χ0) is 18.9. The summed E-state index contributed by atoms with van der Waals surface area (Å²) in [4.78, 5) is 13.4. The molecule has 10 nitrogen and oxygen atoms in total. The summed E-state index contributed by atoms with van der Waals surface area (Å²) in [6.45, 7) is 2.80.